The normalized spacial score (nSPS) is 22.5. The van der Waals surface area contributed by atoms with Crippen molar-refractivity contribution in [2.75, 3.05) is 0 Å². The number of benzene rings is 2. The number of fused-ring (bicyclic) bond motifs is 1. The molecule has 0 spiro atoms. The molecular weight excluding hydrogens is 483 g/mol. The van der Waals surface area contributed by atoms with Gasteiger partial charge in [0.25, 0.3) is 5.91 Å². The minimum atomic E-state index is -4.79. The van der Waals surface area contributed by atoms with E-state index in [1.807, 2.05) is 0 Å². The Morgan fingerprint density at radius 2 is 1.83 bits per heavy atom. The van der Waals surface area contributed by atoms with Gasteiger partial charge in [0, 0.05) is 23.5 Å². The number of alkyl halides is 3. The summed E-state index contributed by atoms with van der Waals surface area (Å²) in [4.78, 5) is 14.3. The van der Waals surface area contributed by atoms with Gasteiger partial charge in [-0.05, 0) is 54.7 Å². The van der Waals surface area contributed by atoms with E-state index in [0.29, 0.717) is 18.4 Å². The Kier molecular flexibility index (Phi) is 6.11. The van der Waals surface area contributed by atoms with Crippen LogP contribution in [0.4, 0.5) is 13.2 Å². The van der Waals surface area contributed by atoms with Crippen LogP contribution in [0, 0.1) is 0 Å². The van der Waals surface area contributed by atoms with E-state index in [0.717, 1.165) is 23.4 Å². The number of hydrogen-bond acceptors (Lipinski definition) is 4. The zero-order valence-electron chi connectivity index (χ0n) is 18.5. The minimum absolute atomic E-state index is 0.0589. The summed E-state index contributed by atoms with van der Waals surface area (Å²) in [6.45, 7) is 0. The molecule has 2 aliphatic rings. The Labute approximate surface area is 204 Å². The molecule has 10 heteroatoms. The second-order valence-electron chi connectivity index (χ2n) is 8.98. The molecule has 1 fully saturated rings. The highest BCUT2D eigenvalue weighted by molar-refractivity contribution is 6.33. The van der Waals surface area contributed by atoms with Crippen LogP contribution in [0.1, 0.15) is 64.5 Å². The fourth-order valence-corrected chi connectivity index (χ4v) is 5.57. The second-order valence-corrected chi connectivity index (χ2v) is 9.36. The molecule has 5 rings (SSSR count). The number of aromatic nitrogens is 2. The summed E-state index contributed by atoms with van der Waals surface area (Å²) in [5.74, 6) is -0.621. The van der Waals surface area contributed by atoms with E-state index in [1.165, 1.54) is 6.07 Å². The van der Waals surface area contributed by atoms with Crippen LogP contribution < -0.4 is 0 Å². The van der Waals surface area contributed by atoms with Crippen LogP contribution in [0.25, 0.3) is 5.69 Å². The Morgan fingerprint density at radius 1 is 1.11 bits per heavy atom. The first kappa shape index (κ1) is 23.8. The number of amides is 1. The summed E-state index contributed by atoms with van der Waals surface area (Å²) in [5, 5.41) is 24.8. The zero-order chi connectivity index (χ0) is 24.9. The summed E-state index contributed by atoms with van der Waals surface area (Å²) < 4.78 is 44.1. The summed E-state index contributed by atoms with van der Waals surface area (Å²) in [6, 6.07) is 9.14. The van der Waals surface area contributed by atoms with Gasteiger partial charge in [-0.15, -0.1) is 0 Å². The van der Waals surface area contributed by atoms with Crippen LogP contribution in [0.2, 0.25) is 5.02 Å². The Hall–Kier alpha value is -2.88. The third-order valence-electron chi connectivity index (χ3n) is 6.81. The average Bonchev–Trinajstić information content (AvgIpc) is 3.42. The van der Waals surface area contributed by atoms with Crippen molar-refractivity contribution in [1.29, 1.82) is 0 Å². The lowest BCUT2D eigenvalue weighted by Gasteiger charge is -2.37. The van der Waals surface area contributed by atoms with E-state index in [1.54, 1.807) is 47.4 Å². The standard InChI is InChI=1S/C25H23ClF3N3O3/c26-22-20-17(23(34)32(24(20)35)18-4-1-2-5-19(18)33)13-15(21(22)25(27,28)29)12-14-6-8-16(9-7-14)31-11-3-10-30-31/h3,6-11,13,18-19,24,33,35H,1-2,4-5,12H2/t18-,19-,24?/m1/s1. The first-order valence-electron chi connectivity index (χ1n) is 11.4. The SMILES string of the molecule is O=C1c2cc(Cc3ccc(-n4cccn4)cc3)c(C(F)(F)F)c(Cl)c2C(O)N1[C@@H]1CCCC[C@H]1O. The van der Waals surface area contributed by atoms with Gasteiger partial charge in [-0.1, -0.05) is 36.6 Å². The zero-order valence-corrected chi connectivity index (χ0v) is 19.3. The van der Waals surface area contributed by atoms with Crippen molar-refractivity contribution in [2.45, 2.75) is 56.7 Å². The lowest BCUT2D eigenvalue weighted by atomic mass is 9.91. The lowest BCUT2D eigenvalue weighted by molar-refractivity contribution is -0.138. The molecule has 35 heavy (non-hydrogen) atoms. The van der Waals surface area contributed by atoms with E-state index in [4.69, 9.17) is 11.6 Å². The highest BCUT2D eigenvalue weighted by Gasteiger charge is 2.47. The van der Waals surface area contributed by atoms with Crippen molar-refractivity contribution in [1.82, 2.24) is 14.7 Å². The summed E-state index contributed by atoms with van der Waals surface area (Å²) in [6.07, 6.45) is -1.60. The van der Waals surface area contributed by atoms with E-state index < -0.39 is 41.0 Å². The largest absolute Gasteiger partial charge is 0.418 e. The molecule has 2 aromatic carbocycles. The number of rotatable bonds is 4. The van der Waals surface area contributed by atoms with E-state index in [9.17, 15) is 28.2 Å². The van der Waals surface area contributed by atoms with Crippen molar-refractivity contribution in [3.63, 3.8) is 0 Å². The molecule has 2 heterocycles. The van der Waals surface area contributed by atoms with Gasteiger partial charge in [-0.2, -0.15) is 18.3 Å². The summed E-state index contributed by atoms with van der Waals surface area (Å²) >= 11 is 6.27. The smallest absolute Gasteiger partial charge is 0.391 e. The van der Waals surface area contributed by atoms with Gasteiger partial charge in [0.05, 0.1) is 28.4 Å². The number of hydrogen-bond donors (Lipinski definition) is 2. The number of aliphatic hydroxyl groups excluding tert-OH is 2. The topological polar surface area (TPSA) is 78.6 Å². The molecule has 3 atom stereocenters. The number of halogens is 4. The maximum Gasteiger partial charge on any atom is 0.418 e. The molecule has 1 amide bonds. The van der Waals surface area contributed by atoms with Gasteiger partial charge < -0.3 is 15.1 Å². The van der Waals surface area contributed by atoms with Crippen LogP contribution in [-0.4, -0.2) is 42.9 Å². The molecule has 6 nitrogen and oxygen atoms in total. The number of carbonyl (C=O) groups excluding carboxylic acids is 1. The second kappa shape index (κ2) is 8.96. The fraction of sp³-hybridized carbons (Fsp3) is 0.360. The predicted molar refractivity (Wildman–Crippen MR) is 122 cm³/mol. The average molecular weight is 506 g/mol. The van der Waals surface area contributed by atoms with Gasteiger partial charge in [0.15, 0.2) is 6.23 Å². The van der Waals surface area contributed by atoms with Gasteiger partial charge in [0.1, 0.15) is 0 Å². The first-order chi connectivity index (χ1) is 16.7. The molecule has 0 radical (unpaired) electrons. The lowest BCUT2D eigenvalue weighted by Crippen LogP contribution is -2.47. The molecule has 1 saturated carbocycles. The first-order valence-corrected chi connectivity index (χ1v) is 11.7. The quantitative estimate of drug-likeness (QED) is 0.529. The van der Waals surface area contributed by atoms with Gasteiger partial charge in [-0.25, -0.2) is 4.68 Å². The monoisotopic (exact) mass is 505 g/mol. The van der Waals surface area contributed by atoms with Crippen molar-refractivity contribution >= 4 is 17.5 Å². The Bertz CT molecular complexity index is 1250. The molecule has 0 saturated heterocycles. The highest BCUT2D eigenvalue weighted by atomic mass is 35.5. The molecule has 1 unspecified atom stereocenters. The molecular formula is C25H23ClF3N3O3. The Balaban J connectivity index is 1.54. The molecule has 184 valence electrons. The maximum absolute atomic E-state index is 14.2. The minimum Gasteiger partial charge on any atom is -0.391 e. The molecule has 1 aliphatic carbocycles. The van der Waals surface area contributed by atoms with Crippen molar-refractivity contribution < 1.29 is 28.2 Å². The number of carbonyl (C=O) groups is 1. The van der Waals surface area contributed by atoms with E-state index in [2.05, 4.69) is 5.10 Å². The van der Waals surface area contributed by atoms with E-state index in [-0.39, 0.29) is 23.1 Å². The maximum atomic E-state index is 14.2. The van der Waals surface area contributed by atoms with Crippen LogP contribution >= 0.6 is 11.6 Å². The van der Waals surface area contributed by atoms with Crippen LogP contribution in [-0.2, 0) is 12.6 Å². The Morgan fingerprint density at radius 3 is 2.46 bits per heavy atom. The van der Waals surface area contributed by atoms with Gasteiger partial charge >= 0.3 is 6.18 Å². The van der Waals surface area contributed by atoms with Crippen molar-refractivity contribution in [3.05, 3.63) is 81.6 Å². The van der Waals surface area contributed by atoms with Crippen LogP contribution in [0.3, 0.4) is 0 Å². The molecule has 1 aromatic heterocycles. The predicted octanol–water partition coefficient (Wildman–Crippen LogP) is 4.89. The molecule has 3 aromatic rings. The van der Waals surface area contributed by atoms with E-state index >= 15 is 0 Å². The van der Waals surface area contributed by atoms with Crippen molar-refractivity contribution in [3.8, 4) is 5.69 Å². The number of nitrogens with zero attached hydrogens (tertiary/aromatic N) is 3. The van der Waals surface area contributed by atoms with Crippen LogP contribution in [0.5, 0.6) is 0 Å². The van der Waals surface area contributed by atoms with Gasteiger partial charge in [-0.3, -0.25) is 4.79 Å². The molecule has 1 aliphatic heterocycles. The molecule has 2 N–H and O–H groups in total. The number of aliphatic hydroxyl groups is 2. The summed E-state index contributed by atoms with van der Waals surface area (Å²) in [7, 11) is 0. The van der Waals surface area contributed by atoms with Gasteiger partial charge in [0.2, 0.25) is 0 Å². The van der Waals surface area contributed by atoms with Crippen LogP contribution in [0.15, 0.2) is 48.8 Å². The third kappa shape index (κ3) is 4.22. The highest BCUT2D eigenvalue weighted by Crippen LogP contribution is 2.47. The molecule has 0 bridgehead atoms. The third-order valence-corrected chi connectivity index (χ3v) is 7.20. The summed E-state index contributed by atoms with van der Waals surface area (Å²) in [5.41, 5.74) is -0.183. The van der Waals surface area contributed by atoms with Crippen molar-refractivity contribution in [2.24, 2.45) is 0 Å². The fourth-order valence-electron chi connectivity index (χ4n) is 5.14.